The molecule has 0 saturated carbocycles. The second-order valence-electron chi connectivity index (χ2n) is 6.74. The minimum Gasteiger partial charge on any atom is -0.463 e. The van der Waals surface area contributed by atoms with Crippen molar-refractivity contribution in [3.05, 3.63) is 77.9 Å². The van der Waals surface area contributed by atoms with Gasteiger partial charge in [-0.05, 0) is 48.5 Å². The van der Waals surface area contributed by atoms with Crippen LogP contribution in [0, 0.1) is 17.8 Å². The number of hydrogen-bond acceptors (Lipinski definition) is 6. The van der Waals surface area contributed by atoms with Crippen molar-refractivity contribution in [2.75, 3.05) is 28.7 Å². The average molecular weight is 517 g/mol. The molecule has 200 valence electrons. The molecule has 4 rings (SSSR count). The first-order valence-corrected chi connectivity index (χ1v) is 12.6. The lowest BCUT2D eigenvalue weighted by Crippen LogP contribution is -2.24. The second-order valence-corrected chi connectivity index (χ2v) is 6.74. The SMILES string of the molecule is C#Cc1ccc(NC(=O)c2nccnc2C(=O)Nc2ccc(N3CCOC3=N)cc2)cc1.CC.CC.CC. The fraction of sp³-hybridized carbons (Fsp3) is 0.276. The van der Waals surface area contributed by atoms with Gasteiger partial charge in [0, 0.05) is 35.0 Å². The topological polar surface area (TPSA) is 120 Å². The van der Waals surface area contributed by atoms with Gasteiger partial charge in [0.1, 0.15) is 6.61 Å². The van der Waals surface area contributed by atoms with Gasteiger partial charge in [0.15, 0.2) is 11.4 Å². The summed E-state index contributed by atoms with van der Waals surface area (Å²) in [5.41, 5.74) is 2.27. The third-order valence-corrected chi connectivity index (χ3v) is 4.67. The van der Waals surface area contributed by atoms with E-state index in [2.05, 4.69) is 26.5 Å². The quantitative estimate of drug-likeness (QED) is 0.368. The van der Waals surface area contributed by atoms with Gasteiger partial charge in [-0.2, -0.15) is 0 Å². The van der Waals surface area contributed by atoms with E-state index in [1.54, 1.807) is 53.4 Å². The number of aromatic nitrogens is 2. The predicted molar refractivity (Wildman–Crippen MR) is 154 cm³/mol. The molecule has 1 fully saturated rings. The van der Waals surface area contributed by atoms with Crippen molar-refractivity contribution < 1.29 is 14.3 Å². The zero-order chi connectivity index (χ0) is 28.5. The molecular formula is C29H36N6O3. The summed E-state index contributed by atoms with van der Waals surface area (Å²) in [7, 11) is 0. The monoisotopic (exact) mass is 516 g/mol. The highest BCUT2D eigenvalue weighted by molar-refractivity contribution is 6.13. The maximum absolute atomic E-state index is 12.8. The maximum atomic E-state index is 12.8. The summed E-state index contributed by atoms with van der Waals surface area (Å²) in [6.45, 7) is 13.1. The summed E-state index contributed by atoms with van der Waals surface area (Å²) < 4.78 is 5.14. The van der Waals surface area contributed by atoms with E-state index in [0.717, 1.165) is 5.69 Å². The molecule has 0 aliphatic carbocycles. The third kappa shape index (κ3) is 8.45. The molecule has 9 nitrogen and oxygen atoms in total. The lowest BCUT2D eigenvalue weighted by Gasteiger charge is -2.15. The summed E-state index contributed by atoms with van der Waals surface area (Å²) in [6.07, 6.45) is 8.02. The number of terminal acetylenes is 1. The maximum Gasteiger partial charge on any atom is 0.289 e. The third-order valence-electron chi connectivity index (χ3n) is 4.67. The minimum atomic E-state index is -0.573. The normalized spacial score (nSPS) is 11.1. The number of ether oxygens (including phenoxy) is 1. The van der Waals surface area contributed by atoms with Gasteiger partial charge < -0.3 is 15.4 Å². The van der Waals surface area contributed by atoms with Crippen LogP contribution in [0.2, 0.25) is 0 Å². The Balaban J connectivity index is 0.00000112. The van der Waals surface area contributed by atoms with Gasteiger partial charge in [-0.3, -0.25) is 19.9 Å². The van der Waals surface area contributed by atoms with Crippen LogP contribution in [0.25, 0.3) is 0 Å². The molecule has 3 aromatic rings. The Morgan fingerprint density at radius 1 is 0.842 bits per heavy atom. The van der Waals surface area contributed by atoms with Gasteiger partial charge in [-0.1, -0.05) is 47.5 Å². The molecule has 1 aromatic heterocycles. The molecule has 0 unspecified atom stereocenters. The number of amides is 2. The van der Waals surface area contributed by atoms with Crippen LogP contribution in [0.15, 0.2) is 60.9 Å². The summed E-state index contributed by atoms with van der Waals surface area (Å²) in [5.74, 6) is 1.36. The van der Waals surface area contributed by atoms with Crippen molar-refractivity contribution in [1.29, 1.82) is 5.41 Å². The van der Waals surface area contributed by atoms with Gasteiger partial charge in [0.2, 0.25) is 0 Å². The average Bonchev–Trinajstić information content (AvgIpc) is 3.42. The summed E-state index contributed by atoms with van der Waals surface area (Å²) in [6, 6.07) is 13.7. The Labute approximate surface area is 225 Å². The van der Waals surface area contributed by atoms with Crippen LogP contribution < -0.4 is 15.5 Å². The van der Waals surface area contributed by atoms with Crippen molar-refractivity contribution in [3.8, 4) is 12.3 Å². The van der Waals surface area contributed by atoms with E-state index < -0.39 is 11.8 Å². The highest BCUT2D eigenvalue weighted by atomic mass is 16.5. The first-order chi connectivity index (χ1) is 18.5. The first-order valence-electron chi connectivity index (χ1n) is 12.6. The molecule has 0 radical (unpaired) electrons. The van der Waals surface area contributed by atoms with Gasteiger partial charge in [0.25, 0.3) is 17.8 Å². The standard InChI is InChI=1S/C23H18N6O3.3C2H6/c1-2-15-3-5-16(6-4-15)27-21(30)19-20(26-12-11-25-19)22(31)28-17-7-9-18(10-8-17)29-13-14-32-23(29)24;3*1-2/h1,3-12,24H,13-14H2,(H,27,30)(H,28,31);3*1-2H3. The fourth-order valence-corrected chi connectivity index (χ4v) is 3.08. The Hall–Kier alpha value is -4.71. The number of benzene rings is 2. The van der Waals surface area contributed by atoms with Crippen LogP contribution >= 0.6 is 0 Å². The second kappa shape index (κ2) is 16.9. The zero-order valence-electron chi connectivity index (χ0n) is 22.8. The Morgan fingerprint density at radius 2 is 1.29 bits per heavy atom. The van der Waals surface area contributed by atoms with E-state index in [1.807, 2.05) is 41.5 Å². The highest BCUT2D eigenvalue weighted by Crippen LogP contribution is 2.21. The van der Waals surface area contributed by atoms with Crippen molar-refractivity contribution in [2.24, 2.45) is 0 Å². The molecule has 2 aromatic carbocycles. The van der Waals surface area contributed by atoms with Gasteiger partial charge >= 0.3 is 0 Å². The zero-order valence-corrected chi connectivity index (χ0v) is 22.8. The molecule has 0 atom stereocenters. The summed E-state index contributed by atoms with van der Waals surface area (Å²) in [4.78, 5) is 35.3. The van der Waals surface area contributed by atoms with E-state index in [-0.39, 0.29) is 17.4 Å². The number of carbonyl (C=O) groups excluding carboxylic acids is 2. The Kier molecular flexibility index (Phi) is 13.9. The van der Waals surface area contributed by atoms with Crippen molar-refractivity contribution in [2.45, 2.75) is 41.5 Å². The van der Waals surface area contributed by atoms with Crippen LogP contribution in [0.1, 0.15) is 68.1 Å². The number of nitrogens with zero attached hydrogens (tertiary/aromatic N) is 3. The number of carbonyl (C=O) groups is 2. The molecule has 38 heavy (non-hydrogen) atoms. The lowest BCUT2D eigenvalue weighted by molar-refractivity contribution is 0.0983. The van der Waals surface area contributed by atoms with Crippen LogP contribution in [-0.4, -0.2) is 41.0 Å². The van der Waals surface area contributed by atoms with E-state index in [9.17, 15) is 9.59 Å². The molecule has 0 spiro atoms. The summed E-state index contributed by atoms with van der Waals surface area (Å²) >= 11 is 0. The minimum absolute atomic E-state index is 0.0888. The summed E-state index contributed by atoms with van der Waals surface area (Å²) in [5, 5.41) is 13.2. The van der Waals surface area contributed by atoms with E-state index in [4.69, 9.17) is 16.6 Å². The van der Waals surface area contributed by atoms with Crippen molar-refractivity contribution in [3.63, 3.8) is 0 Å². The molecule has 9 heteroatoms. The van der Waals surface area contributed by atoms with Gasteiger partial charge in [-0.25, -0.2) is 9.97 Å². The lowest BCUT2D eigenvalue weighted by atomic mass is 10.2. The van der Waals surface area contributed by atoms with Crippen LogP contribution in [-0.2, 0) is 4.74 Å². The van der Waals surface area contributed by atoms with E-state index in [1.165, 1.54) is 12.4 Å². The first kappa shape index (κ1) is 31.3. The molecule has 1 aliphatic rings. The molecule has 0 bridgehead atoms. The highest BCUT2D eigenvalue weighted by Gasteiger charge is 2.22. The Bertz CT molecular complexity index is 1220. The smallest absolute Gasteiger partial charge is 0.289 e. The van der Waals surface area contributed by atoms with E-state index in [0.29, 0.717) is 30.1 Å². The number of rotatable bonds is 5. The van der Waals surface area contributed by atoms with Gasteiger partial charge in [0.05, 0.1) is 6.54 Å². The number of anilines is 3. The molecule has 2 heterocycles. The Morgan fingerprint density at radius 3 is 1.68 bits per heavy atom. The fourth-order valence-electron chi connectivity index (χ4n) is 3.08. The van der Waals surface area contributed by atoms with Crippen LogP contribution in [0.5, 0.6) is 0 Å². The number of nitrogens with one attached hydrogen (secondary N) is 3. The van der Waals surface area contributed by atoms with Crippen molar-refractivity contribution >= 4 is 34.9 Å². The number of hydrogen-bond donors (Lipinski definition) is 3. The molecular weight excluding hydrogens is 480 g/mol. The number of amidine groups is 1. The van der Waals surface area contributed by atoms with E-state index >= 15 is 0 Å². The van der Waals surface area contributed by atoms with Crippen LogP contribution in [0.4, 0.5) is 17.1 Å². The molecule has 3 N–H and O–H groups in total. The largest absolute Gasteiger partial charge is 0.463 e. The van der Waals surface area contributed by atoms with Crippen molar-refractivity contribution in [1.82, 2.24) is 9.97 Å². The predicted octanol–water partition coefficient (Wildman–Crippen LogP) is 5.81. The molecule has 2 amide bonds. The molecule has 1 aliphatic heterocycles. The van der Waals surface area contributed by atoms with Gasteiger partial charge in [-0.15, -0.1) is 6.42 Å². The van der Waals surface area contributed by atoms with Crippen LogP contribution in [0.3, 0.4) is 0 Å². The molecule has 1 saturated heterocycles.